The van der Waals surface area contributed by atoms with E-state index in [1.54, 1.807) is 6.26 Å². The van der Waals surface area contributed by atoms with Gasteiger partial charge in [-0.3, -0.25) is 0 Å². The molecule has 1 heterocycles. The van der Waals surface area contributed by atoms with Gasteiger partial charge in [-0.15, -0.1) is 0 Å². The van der Waals surface area contributed by atoms with Crippen LogP contribution in [0.25, 0.3) is 0 Å². The highest BCUT2D eigenvalue weighted by Gasteiger charge is 1.89. The van der Waals surface area contributed by atoms with E-state index >= 15 is 0 Å². The van der Waals surface area contributed by atoms with Crippen molar-refractivity contribution in [2.24, 2.45) is 0 Å². The number of hydrogen-bond acceptors (Lipinski definition) is 1. The third-order valence-corrected chi connectivity index (χ3v) is 1.02. The minimum absolute atomic E-state index is 1.03. The van der Waals surface area contributed by atoms with Crippen LogP contribution in [-0.4, -0.2) is 0 Å². The summed E-state index contributed by atoms with van der Waals surface area (Å²) in [6.07, 6.45) is 3.76. The molecule has 0 aliphatic heterocycles. The zero-order valence-electron chi connectivity index (χ0n) is 4.98. The molecule has 0 bridgehead atoms. The van der Waals surface area contributed by atoms with Crippen molar-refractivity contribution >= 4 is 0 Å². The van der Waals surface area contributed by atoms with Gasteiger partial charge in [0.2, 0.25) is 0 Å². The first-order valence-electron chi connectivity index (χ1n) is 2.87. The quantitative estimate of drug-likeness (QED) is 0.566. The van der Waals surface area contributed by atoms with Gasteiger partial charge in [-0.05, 0) is 12.5 Å². The van der Waals surface area contributed by atoms with Crippen molar-refractivity contribution in [1.29, 1.82) is 0 Å². The van der Waals surface area contributed by atoms with E-state index in [1.807, 2.05) is 6.07 Å². The van der Waals surface area contributed by atoms with Crippen molar-refractivity contribution in [3.05, 3.63) is 24.2 Å². The lowest BCUT2D eigenvalue weighted by Gasteiger charge is -1.85. The molecule has 1 nitrogen and oxygen atoms in total. The predicted molar refractivity (Wildman–Crippen MR) is 31.5 cm³/mol. The Bertz CT molecular complexity index is 130. The van der Waals surface area contributed by atoms with Crippen LogP contribution in [-0.2, 0) is 6.42 Å². The van der Waals surface area contributed by atoms with Crippen LogP contribution in [0.4, 0.5) is 0 Å². The summed E-state index contributed by atoms with van der Waals surface area (Å²) in [6, 6.07) is 4.73. The SMILES string of the molecule is CCCc1c[c]co1. The second-order valence-electron chi connectivity index (χ2n) is 1.76. The van der Waals surface area contributed by atoms with Crippen LogP contribution in [0.5, 0.6) is 0 Å². The lowest BCUT2D eigenvalue weighted by atomic mass is 10.3. The van der Waals surface area contributed by atoms with E-state index in [9.17, 15) is 0 Å². The van der Waals surface area contributed by atoms with Gasteiger partial charge in [0.25, 0.3) is 0 Å². The normalized spacial score (nSPS) is 9.62. The molecule has 0 aliphatic carbocycles. The fourth-order valence-electron chi connectivity index (χ4n) is 0.648. The maximum absolute atomic E-state index is 5.02. The topological polar surface area (TPSA) is 13.1 Å². The monoisotopic (exact) mass is 109 g/mol. The van der Waals surface area contributed by atoms with Gasteiger partial charge in [-0.25, -0.2) is 0 Å². The second kappa shape index (κ2) is 2.55. The van der Waals surface area contributed by atoms with E-state index in [1.165, 1.54) is 0 Å². The van der Waals surface area contributed by atoms with Gasteiger partial charge in [-0.1, -0.05) is 6.92 Å². The van der Waals surface area contributed by atoms with Gasteiger partial charge >= 0.3 is 0 Å². The average Bonchev–Trinajstić information content (AvgIpc) is 2.19. The molecule has 0 fully saturated rings. The Hall–Kier alpha value is -0.720. The third-order valence-electron chi connectivity index (χ3n) is 1.02. The summed E-state index contributed by atoms with van der Waals surface area (Å²) >= 11 is 0. The molecule has 0 atom stereocenters. The van der Waals surface area contributed by atoms with E-state index < -0.39 is 0 Å². The summed E-state index contributed by atoms with van der Waals surface area (Å²) in [5, 5.41) is 0. The van der Waals surface area contributed by atoms with Crippen LogP contribution in [0.3, 0.4) is 0 Å². The summed E-state index contributed by atoms with van der Waals surface area (Å²) in [7, 11) is 0. The molecule has 1 radical (unpaired) electrons. The average molecular weight is 109 g/mol. The molecule has 8 heavy (non-hydrogen) atoms. The number of rotatable bonds is 2. The molecule has 1 heteroatoms. The maximum Gasteiger partial charge on any atom is 0.104 e. The van der Waals surface area contributed by atoms with Crippen molar-refractivity contribution in [2.75, 3.05) is 0 Å². The van der Waals surface area contributed by atoms with E-state index in [-0.39, 0.29) is 0 Å². The molecule has 1 aromatic rings. The van der Waals surface area contributed by atoms with E-state index in [2.05, 4.69) is 13.0 Å². The Kier molecular flexibility index (Phi) is 1.73. The van der Waals surface area contributed by atoms with E-state index in [0.717, 1.165) is 18.6 Å². The van der Waals surface area contributed by atoms with Gasteiger partial charge in [0.15, 0.2) is 0 Å². The van der Waals surface area contributed by atoms with Crippen LogP contribution in [0.1, 0.15) is 19.1 Å². The molecule has 1 aromatic heterocycles. The molecular weight excluding hydrogens is 100 g/mol. The van der Waals surface area contributed by atoms with Crippen LogP contribution < -0.4 is 0 Å². The Morgan fingerprint density at radius 3 is 3.12 bits per heavy atom. The Morgan fingerprint density at radius 1 is 1.75 bits per heavy atom. The highest BCUT2D eigenvalue weighted by molar-refractivity contribution is 4.95. The van der Waals surface area contributed by atoms with Crippen LogP contribution in [0.15, 0.2) is 16.7 Å². The van der Waals surface area contributed by atoms with Crippen LogP contribution in [0, 0.1) is 6.07 Å². The van der Waals surface area contributed by atoms with Crippen LogP contribution >= 0.6 is 0 Å². The Morgan fingerprint density at radius 2 is 2.62 bits per heavy atom. The Labute approximate surface area is 49.3 Å². The predicted octanol–water partition coefficient (Wildman–Crippen LogP) is 2.03. The summed E-state index contributed by atoms with van der Waals surface area (Å²) in [5.74, 6) is 1.03. The molecule has 0 aliphatic rings. The lowest BCUT2D eigenvalue weighted by molar-refractivity contribution is 0.506. The lowest BCUT2D eigenvalue weighted by Crippen LogP contribution is -1.74. The first-order valence-corrected chi connectivity index (χ1v) is 2.87. The highest BCUT2D eigenvalue weighted by Crippen LogP contribution is 2.01. The molecule has 0 saturated heterocycles. The molecule has 0 saturated carbocycles. The third kappa shape index (κ3) is 1.12. The van der Waals surface area contributed by atoms with Crippen molar-refractivity contribution in [2.45, 2.75) is 19.8 Å². The second-order valence-corrected chi connectivity index (χ2v) is 1.76. The van der Waals surface area contributed by atoms with Gasteiger partial charge in [0.1, 0.15) is 5.76 Å². The van der Waals surface area contributed by atoms with Gasteiger partial charge in [-0.2, -0.15) is 0 Å². The van der Waals surface area contributed by atoms with Crippen molar-refractivity contribution in [3.8, 4) is 0 Å². The largest absolute Gasteiger partial charge is 0.469 e. The van der Waals surface area contributed by atoms with Crippen molar-refractivity contribution in [3.63, 3.8) is 0 Å². The number of aryl methyl sites for hydroxylation is 1. The zero-order chi connectivity index (χ0) is 5.82. The minimum atomic E-state index is 1.03. The zero-order valence-corrected chi connectivity index (χ0v) is 4.98. The summed E-state index contributed by atoms with van der Waals surface area (Å²) in [6.45, 7) is 2.13. The summed E-state index contributed by atoms with van der Waals surface area (Å²) < 4.78 is 5.02. The number of furan rings is 1. The highest BCUT2D eigenvalue weighted by atomic mass is 16.3. The molecule has 0 unspecified atom stereocenters. The molecule has 0 aromatic carbocycles. The summed E-state index contributed by atoms with van der Waals surface area (Å²) in [4.78, 5) is 0. The molecule has 0 N–H and O–H groups in total. The van der Waals surface area contributed by atoms with Crippen molar-refractivity contribution < 1.29 is 4.42 Å². The van der Waals surface area contributed by atoms with Crippen molar-refractivity contribution in [1.82, 2.24) is 0 Å². The first kappa shape index (κ1) is 5.42. The number of hydrogen-bond donors (Lipinski definition) is 0. The first-order chi connectivity index (χ1) is 3.93. The molecule has 43 valence electrons. The maximum atomic E-state index is 5.02. The fourth-order valence-corrected chi connectivity index (χ4v) is 0.648. The van der Waals surface area contributed by atoms with E-state index in [0.29, 0.717) is 0 Å². The molecule has 0 spiro atoms. The van der Waals surface area contributed by atoms with E-state index in [4.69, 9.17) is 4.42 Å². The van der Waals surface area contributed by atoms with Gasteiger partial charge < -0.3 is 4.42 Å². The van der Waals surface area contributed by atoms with Gasteiger partial charge in [0.05, 0.1) is 6.26 Å². The standard InChI is InChI=1S/C7H9O/c1-2-4-7-5-3-6-8-7/h5-6H,2,4H2,1H3. The van der Waals surface area contributed by atoms with Crippen LogP contribution in [0.2, 0.25) is 0 Å². The fraction of sp³-hybridized carbons (Fsp3) is 0.429. The molecule has 1 rings (SSSR count). The van der Waals surface area contributed by atoms with Gasteiger partial charge in [0, 0.05) is 12.5 Å². The Balaban J connectivity index is 2.50. The minimum Gasteiger partial charge on any atom is -0.469 e. The smallest absolute Gasteiger partial charge is 0.104 e. The molecule has 0 amide bonds. The molecular formula is C7H9O. The summed E-state index contributed by atoms with van der Waals surface area (Å²) in [5.41, 5.74) is 0.